The van der Waals surface area contributed by atoms with Gasteiger partial charge in [0.15, 0.2) is 5.82 Å². The van der Waals surface area contributed by atoms with E-state index in [-0.39, 0.29) is 11.8 Å². The summed E-state index contributed by atoms with van der Waals surface area (Å²) in [7, 11) is 0. The molecule has 0 spiro atoms. The maximum Gasteiger partial charge on any atom is 0.230 e. The Hall–Kier alpha value is -2.59. The molecule has 0 aliphatic rings. The zero-order valence-corrected chi connectivity index (χ0v) is 17.4. The number of carbonyl (C=O) groups is 1. The molecule has 0 fully saturated rings. The van der Waals surface area contributed by atoms with Gasteiger partial charge in [0.25, 0.3) is 0 Å². The van der Waals surface area contributed by atoms with Crippen molar-refractivity contribution >= 4 is 23.3 Å². The maximum absolute atomic E-state index is 12.8. The van der Waals surface area contributed by atoms with E-state index in [4.69, 9.17) is 16.6 Å². The van der Waals surface area contributed by atoms with Crippen molar-refractivity contribution in [1.82, 2.24) is 9.55 Å². The van der Waals surface area contributed by atoms with E-state index in [0.717, 1.165) is 29.9 Å². The summed E-state index contributed by atoms with van der Waals surface area (Å²) in [5.74, 6) is 1.48. The highest BCUT2D eigenvalue weighted by molar-refractivity contribution is 6.30. The van der Waals surface area contributed by atoms with Crippen LogP contribution in [0.2, 0.25) is 5.02 Å². The molecule has 28 heavy (non-hydrogen) atoms. The minimum absolute atomic E-state index is 0.0855. The van der Waals surface area contributed by atoms with Gasteiger partial charge >= 0.3 is 0 Å². The summed E-state index contributed by atoms with van der Waals surface area (Å²) < 4.78 is 2.03. The van der Waals surface area contributed by atoms with Crippen LogP contribution < -0.4 is 4.90 Å². The van der Waals surface area contributed by atoms with Gasteiger partial charge in [-0.15, -0.1) is 0 Å². The summed E-state index contributed by atoms with van der Waals surface area (Å²) in [6.07, 6.45) is 3.91. The third kappa shape index (κ3) is 4.45. The highest BCUT2D eigenvalue weighted by Gasteiger charge is 2.23. The quantitative estimate of drug-likeness (QED) is 0.493. The van der Waals surface area contributed by atoms with Crippen molar-refractivity contribution in [3.05, 3.63) is 65.8 Å². The van der Waals surface area contributed by atoms with Crippen molar-refractivity contribution in [1.29, 1.82) is 0 Å². The molecule has 0 radical (unpaired) electrons. The molecule has 4 nitrogen and oxygen atoms in total. The SMILES string of the molecule is CCCCN(C(=O)C(C)C)c1cn(-c2ccccc2)c(-c2ccc(Cl)cc2)n1. The van der Waals surface area contributed by atoms with E-state index in [1.54, 1.807) is 0 Å². The highest BCUT2D eigenvalue weighted by atomic mass is 35.5. The Kier molecular flexibility index (Phi) is 6.53. The summed E-state index contributed by atoms with van der Waals surface area (Å²) in [5.41, 5.74) is 1.95. The number of hydrogen-bond donors (Lipinski definition) is 0. The van der Waals surface area contributed by atoms with Crippen LogP contribution in [-0.4, -0.2) is 22.0 Å². The van der Waals surface area contributed by atoms with Gasteiger partial charge in [0.2, 0.25) is 5.91 Å². The molecule has 0 saturated heterocycles. The Morgan fingerprint density at radius 2 is 1.79 bits per heavy atom. The topological polar surface area (TPSA) is 38.1 Å². The lowest BCUT2D eigenvalue weighted by Crippen LogP contribution is -2.35. The standard InChI is InChI=1S/C23H26ClN3O/c1-4-5-15-26(23(28)17(2)3)21-16-27(20-9-7-6-8-10-20)22(25-21)18-11-13-19(24)14-12-18/h6-14,16-17H,4-5,15H2,1-3H3. The third-order valence-corrected chi connectivity index (χ3v) is 4.85. The Labute approximate surface area is 171 Å². The molecule has 0 aliphatic heterocycles. The fourth-order valence-electron chi connectivity index (χ4n) is 3.05. The molecule has 3 aromatic rings. The summed E-state index contributed by atoms with van der Waals surface area (Å²) in [6.45, 7) is 6.64. The van der Waals surface area contributed by atoms with E-state index in [2.05, 4.69) is 6.92 Å². The molecule has 0 saturated carbocycles. The van der Waals surface area contributed by atoms with Crippen LogP contribution in [0.3, 0.4) is 0 Å². The smallest absolute Gasteiger partial charge is 0.230 e. The van der Waals surface area contributed by atoms with E-state index in [9.17, 15) is 4.79 Å². The largest absolute Gasteiger partial charge is 0.298 e. The number of rotatable bonds is 7. The predicted octanol–water partition coefficient (Wildman–Crippen LogP) is 5.98. The Morgan fingerprint density at radius 3 is 2.39 bits per heavy atom. The molecule has 1 aromatic heterocycles. The lowest BCUT2D eigenvalue weighted by molar-refractivity contribution is -0.121. The van der Waals surface area contributed by atoms with Crippen LogP contribution in [-0.2, 0) is 4.79 Å². The van der Waals surface area contributed by atoms with Crippen molar-refractivity contribution in [2.45, 2.75) is 33.6 Å². The summed E-state index contributed by atoms with van der Waals surface area (Å²) >= 11 is 6.07. The summed E-state index contributed by atoms with van der Waals surface area (Å²) in [6, 6.07) is 17.7. The van der Waals surface area contributed by atoms with Crippen molar-refractivity contribution in [2.24, 2.45) is 5.92 Å². The number of halogens is 1. The number of aromatic nitrogens is 2. The lowest BCUT2D eigenvalue weighted by Gasteiger charge is -2.22. The minimum atomic E-state index is -0.0855. The molecular formula is C23H26ClN3O. The predicted molar refractivity (Wildman–Crippen MR) is 116 cm³/mol. The molecule has 1 heterocycles. The van der Waals surface area contributed by atoms with Crippen molar-refractivity contribution < 1.29 is 4.79 Å². The number of carbonyl (C=O) groups excluding carboxylic acids is 1. The fourth-order valence-corrected chi connectivity index (χ4v) is 3.18. The molecule has 2 aromatic carbocycles. The summed E-state index contributed by atoms with van der Waals surface area (Å²) in [4.78, 5) is 19.5. The Morgan fingerprint density at radius 1 is 1.11 bits per heavy atom. The Bertz CT molecular complexity index is 917. The molecule has 0 atom stereocenters. The van der Waals surface area contributed by atoms with Gasteiger partial charge in [-0.05, 0) is 42.8 Å². The van der Waals surface area contributed by atoms with E-state index >= 15 is 0 Å². The number of anilines is 1. The number of benzene rings is 2. The summed E-state index contributed by atoms with van der Waals surface area (Å²) in [5, 5.41) is 0.682. The molecule has 1 amide bonds. The van der Waals surface area contributed by atoms with Gasteiger partial charge in [-0.2, -0.15) is 0 Å². The van der Waals surface area contributed by atoms with Crippen LogP contribution in [0, 0.1) is 5.92 Å². The van der Waals surface area contributed by atoms with Crippen molar-refractivity contribution in [3.63, 3.8) is 0 Å². The molecule has 0 aliphatic carbocycles. The second-order valence-corrected chi connectivity index (χ2v) is 7.57. The average molecular weight is 396 g/mol. The molecular weight excluding hydrogens is 370 g/mol. The lowest BCUT2D eigenvalue weighted by atomic mass is 10.2. The number of para-hydroxylation sites is 1. The van der Waals surface area contributed by atoms with Crippen molar-refractivity contribution in [3.8, 4) is 17.1 Å². The van der Waals surface area contributed by atoms with Crippen molar-refractivity contribution in [2.75, 3.05) is 11.4 Å². The van der Waals surface area contributed by atoms with Crippen LogP contribution >= 0.6 is 11.6 Å². The van der Waals surface area contributed by atoms with Gasteiger partial charge in [0.1, 0.15) is 5.82 Å². The average Bonchev–Trinajstić information content (AvgIpc) is 3.14. The van der Waals surface area contributed by atoms with Gasteiger partial charge in [-0.1, -0.05) is 57.0 Å². The van der Waals surface area contributed by atoms with E-state index in [1.165, 1.54) is 0 Å². The normalized spacial score (nSPS) is 11.0. The van der Waals surface area contributed by atoms with Gasteiger partial charge in [0.05, 0.1) is 6.20 Å². The van der Waals surface area contributed by atoms with Crippen LogP contribution in [0.1, 0.15) is 33.6 Å². The Balaban J connectivity index is 2.12. The van der Waals surface area contributed by atoms with E-state index in [0.29, 0.717) is 17.4 Å². The minimum Gasteiger partial charge on any atom is -0.298 e. The maximum atomic E-state index is 12.8. The number of amides is 1. The van der Waals surface area contributed by atoms with Crippen LogP contribution in [0.4, 0.5) is 5.82 Å². The van der Waals surface area contributed by atoms with Crippen LogP contribution in [0.15, 0.2) is 60.8 Å². The third-order valence-electron chi connectivity index (χ3n) is 4.60. The number of nitrogens with zero attached hydrogens (tertiary/aromatic N) is 3. The number of unbranched alkanes of at least 4 members (excludes halogenated alkanes) is 1. The molecule has 146 valence electrons. The molecule has 0 bridgehead atoms. The highest BCUT2D eigenvalue weighted by Crippen LogP contribution is 2.28. The van der Waals surface area contributed by atoms with Gasteiger partial charge in [-0.25, -0.2) is 4.98 Å². The monoisotopic (exact) mass is 395 g/mol. The van der Waals surface area contributed by atoms with Crippen LogP contribution in [0.25, 0.3) is 17.1 Å². The second kappa shape index (κ2) is 9.07. The molecule has 5 heteroatoms. The van der Waals surface area contributed by atoms with Gasteiger partial charge < -0.3 is 0 Å². The first-order valence-electron chi connectivity index (χ1n) is 9.73. The molecule has 0 unspecified atom stereocenters. The first-order chi connectivity index (χ1) is 13.5. The fraction of sp³-hybridized carbons (Fsp3) is 0.304. The van der Waals surface area contributed by atoms with Gasteiger partial charge in [0, 0.05) is 28.7 Å². The second-order valence-electron chi connectivity index (χ2n) is 7.13. The zero-order valence-electron chi connectivity index (χ0n) is 16.6. The molecule has 0 N–H and O–H groups in total. The van der Waals surface area contributed by atoms with E-state index < -0.39 is 0 Å². The van der Waals surface area contributed by atoms with Crippen LogP contribution in [0.5, 0.6) is 0 Å². The molecule has 3 rings (SSSR count). The number of imidazole rings is 1. The van der Waals surface area contributed by atoms with Gasteiger partial charge in [-0.3, -0.25) is 14.3 Å². The zero-order chi connectivity index (χ0) is 20.1. The van der Waals surface area contributed by atoms with E-state index in [1.807, 2.05) is 84.1 Å². The first kappa shape index (κ1) is 20.2. The first-order valence-corrected chi connectivity index (χ1v) is 10.1. The number of hydrogen-bond acceptors (Lipinski definition) is 2.